The first-order chi connectivity index (χ1) is 20.6. The van der Waals surface area contributed by atoms with Gasteiger partial charge in [0.15, 0.2) is 0 Å². The molecule has 0 aliphatic rings. The second-order valence-electron chi connectivity index (χ2n) is 11.9. The van der Waals surface area contributed by atoms with Gasteiger partial charge in [-0.15, -0.1) is 0 Å². The molecule has 0 radical (unpaired) electrons. The van der Waals surface area contributed by atoms with Crippen LogP contribution in [0.1, 0.15) is 59.9 Å². The lowest BCUT2D eigenvalue weighted by atomic mass is 9.86. The minimum absolute atomic E-state index is 0.0258. The van der Waals surface area contributed by atoms with Crippen LogP contribution in [0, 0.1) is 5.82 Å². The Hall–Kier alpha value is -4.23. The fraction of sp³-hybridized carbons (Fsp3) is 0.333. The third-order valence-corrected chi connectivity index (χ3v) is 7.50. The second kappa shape index (κ2) is 14.8. The number of aromatic nitrogens is 1. The van der Waals surface area contributed by atoms with Gasteiger partial charge in [0.2, 0.25) is 5.91 Å². The topological polar surface area (TPSA) is 54.8 Å². The van der Waals surface area contributed by atoms with Crippen molar-refractivity contribution in [3.8, 4) is 0 Å². The fourth-order valence-corrected chi connectivity index (χ4v) is 4.98. The normalized spacial score (nSPS) is 11.4. The van der Waals surface area contributed by atoms with Gasteiger partial charge in [0.25, 0.3) is 5.91 Å². The molecular formula is C36H42FN3O3. The molecule has 0 aliphatic heterocycles. The van der Waals surface area contributed by atoms with Crippen molar-refractivity contribution in [1.82, 2.24) is 14.4 Å². The smallest absolute Gasteiger partial charge is 0.254 e. The van der Waals surface area contributed by atoms with Crippen molar-refractivity contribution in [2.24, 2.45) is 0 Å². The molecule has 4 rings (SSSR count). The highest BCUT2D eigenvalue weighted by Gasteiger charge is 2.24. The molecule has 226 valence electrons. The maximum absolute atomic E-state index is 14.0. The molecule has 4 aromatic rings. The van der Waals surface area contributed by atoms with Crippen LogP contribution in [0.25, 0.3) is 0 Å². The standard InChI is InChI=1S/C36H42FN3O3/c1-36(2,3)31-17-15-30(16-18-31)35(42)39(22-9-23-43-4)27-34(41)40(25-28-10-6-5-7-11-28)26-33-12-8-21-38(33)24-29-13-19-32(37)20-14-29/h5-8,10-21H,9,22-27H2,1-4H3. The fourth-order valence-electron chi connectivity index (χ4n) is 4.98. The Morgan fingerprint density at radius 3 is 2.16 bits per heavy atom. The molecular weight excluding hydrogens is 541 g/mol. The summed E-state index contributed by atoms with van der Waals surface area (Å²) in [6, 6.07) is 27.9. The van der Waals surface area contributed by atoms with E-state index in [0.717, 1.165) is 22.4 Å². The van der Waals surface area contributed by atoms with Gasteiger partial charge in [-0.3, -0.25) is 9.59 Å². The van der Waals surface area contributed by atoms with Crippen molar-refractivity contribution in [3.05, 3.63) is 131 Å². The van der Waals surface area contributed by atoms with Gasteiger partial charge in [-0.2, -0.15) is 0 Å². The summed E-state index contributed by atoms with van der Waals surface area (Å²) in [5.74, 6) is -0.592. The molecule has 0 unspecified atom stereocenters. The van der Waals surface area contributed by atoms with Crippen LogP contribution in [0.2, 0.25) is 0 Å². The summed E-state index contributed by atoms with van der Waals surface area (Å²) in [7, 11) is 1.63. The van der Waals surface area contributed by atoms with E-state index in [1.165, 1.54) is 12.1 Å². The molecule has 0 N–H and O–H groups in total. The Kier molecular flexibility index (Phi) is 10.9. The van der Waals surface area contributed by atoms with Crippen LogP contribution in [0.4, 0.5) is 4.39 Å². The third kappa shape index (κ3) is 9.13. The maximum atomic E-state index is 14.0. The molecule has 7 heteroatoms. The van der Waals surface area contributed by atoms with E-state index in [0.29, 0.717) is 44.8 Å². The van der Waals surface area contributed by atoms with Crippen LogP contribution in [-0.2, 0) is 34.6 Å². The Bertz CT molecular complexity index is 1460. The lowest BCUT2D eigenvalue weighted by Crippen LogP contribution is -2.43. The number of benzene rings is 3. The van der Waals surface area contributed by atoms with Crippen molar-refractivity contribution in [2.75, 3.05) is 26.8 Å². The molecule has 0 saturated heterocycles. The van der Waals surface area contributed by atoms with Gasteiger partial charge in [0, 0.05) is 50.8 Å². The number of ether oxygens (including phenoxy) is 1. The summed E-state index contributed by atoms with van der Waals surface area (Å²) in [5, 5.41) is 0. The molecule has 2 amide bonds. The molecule has 0 spiro atoms. The molecule has 0 bridgehead atoms. The average molecular weight is 584 g/mol. The van der Waals surface area contributed by atoms with Crippen molar-refractivity contribution in [1.29, 1.82) is 0 Å². The van der Waals surface area contributed by atoms with Gasteiger partial charge in [-0.25, -0.2) is 4.39 Å². The lowest BCUT2D eigenvalue weighted by molar-refractivity contribution is -0.133. The van der Waals surface area contributed by atoms with E-state index in [2.05, 4.69) is 25.3 Å². The number of carbonyl (C=O) groups is 2. The van der Waals surface area contributed by atoms with Crippen molar-refractivity contribution in [3.63, 3.8) is 0 Å². The van der Waals surface area contributed by atoms with E-state index in [9.17, 15) is 14.0 Å². The van der Waals surface area contributed by atoms with E-state index in [4.69, 9.17) is 4.74 Å². The van der Waals surface area contributed by atoms with Gasteiger partial charge in [-0.05, 0) is 64.9 Å². The van der Waals surface area contributed by atoms with Crippen LogP contribution in [0.5, 0.6) is 0 Å². The van der Waals surface area contributed by atoms with Gasteiger partial charge < -0.3 is 19.1 Å². The Labute approximate surface area is 254 Å². The largest absolute Gasteiger partial charge is 0.385 e. The summed E-state index contributed by atoms with van der Waals surface area (Å²) in [5.41, 5.74) is 4.59. The van der Waals surface area contributed by atoms with E-state index < -0.39 is 0 Å². The van der Waals surface area contributed by atoms with Crippen LogP contribution < -0.4 is 0 Å². The monoisotopic (exact) mass is 583 g/mol. The molecule has 0 aliphatic carbocycles. The third-order valence-electron chi connectivity index (χ3n) is 7.50. The number of methoxy groups -OCH3 is 1. The highest BCUT2D eigenvalue weighted by Crippen LogP contribution is 2.23. The number of carbonyl (C=O) groups excluding carboxylic acids is 2. The number of hydrogen-bond acceptors (Lipinski definition) is 3. The summed E-state index contributed by atoms with van der Waals surface area (Å²) >= 11 is 0. The van der Waals surface area contributed by atoms with E-state index in [1.807, 2.05) is 72.9 Å². The van der Waals surface area contributed by atoms with Gasteiger partial charge in [-0.1, -0.05) is 75.4 Å². The van der Waals surface area contributed by atoms with Crippen molar-refractivity contribution in [2.45, 2.75) is 52.2 Å². The molecule has 0 atom stereocenters. The number of halogens is 1. The molecule has 43 heavy (non-hydrogen) atoms. The maximum Gasteiger partial charge on any atom is 0.254 e. The van der Waals surface area contributed by atoms with Crippen molar-refractivity contribution < 1.29 is 18.7 Å². The number of nitrogens with zero attached hydrogens (tertiary/aromatic N) is 3. The molecule has 0 saturated carbocycles. The second-order valence-corrected chi connectivity index (χ2v) is 11.9. The first-order valence-electron chi connectivity index (χ1n) is 14.7. The summed E-state index contributed by atoms with van der Waals surface area (Å²) in [6.45, 7) is 8.58. The molecule has 0 fully saturated rings. The highest BCUT2D eigenvalue weighted by atomic mass is 19.1. The minimum atomic E-state index is -0.272. The van der Waals surface area contributed by atoms with Gasteiger partial charge >= 0.3 is 0 Å². The van der Waals surface area contributed by atoms with Crippen LogP contribution in [-0.4, -0.2) is 53.0 Å². The molecule has 1 heterocycles. The highest BCUT2D eigenvalue weighted by molar-refractivity contribution is 5.96. The molecule has 3 aromatic carbocycles. The Morgan fingerprint density at radius 2 is 1.51 bits per heavy atom. The van der Waals surface area contributed by atoms with Crippen LogP contribution in [0.3, 0.4) is 0 Å². The molecule has 1 aromatic heterocycles. The number of rotatable bonds is 13. The zero-order chi connectivity index (χ0) is 30.8. The zero-order valence-corrected chi connectivity index (χ0v) is 25.6. The summed E-state index contributed by atoms with van der Waals surface area (Å²) in [4.78, 5) is 31.1. The molecule has 6 nitrogen and oxygen atoms in total. The van der Waals surface area contributed by atoms with Crippen LogP contribution in [0.15, 0.2) is 97.2 Å². The predicted octanol–water partition coefficient (Wildman–Crippen LogP) is 6.68. The SMILES string of the molecule is COCCCN(CC(=O)N(Cc1ccccc1)Cc1cccn1Cc1ccc(F)cc1)C(=O)c1ccc(C(C)(C)C)cc1. The summed E-state index contributed by atoms with van der Waals surface area (Å²) < 4.78 is 20.8. The average Bonchev–Trinajstić information content (AvgIpc) is 3.43. The van der Waals surface area contributed by atoms with Crippen LogP contribution >= 0.6 is 0 Å². The first kappa shape index (κ1) is 31.7. The number of hydrogen-bond donors (Lipinski definition) is 0. The predicted molar refractivity (Wildman–Crippen MR) is 168 cm³/mol. The first-order valence-corrected chi connectivity index (χ1v) is 14.7. The Morgan fingerprint density at radius 1 is 0.814 bits per heavy atom. The van der Waals surface area contributed by atoms with E-state index in [-0.39, 0.29) is 29.6 Å². The lowest BCUT2D eigenvalue weighted by Gasteiger charge is -2.28. The van der Waals surface area contributed by atoms with Gasteiger partial charge in [0.1, 0.15) is 12.4 Å². The van der Waals surface area contributed by atoms with E-state index in [1.54, 1.807) is 29.0 Å². The Balaban J connectivity index is 1.56. The number of amides is 2. The summed E-state index contributed by atoms with van der Waals surface area (Å²) in [6.07, 6.45) is 2.58. The zero-order valence-electron chi connectivity index (χ0n) is 25.6. The minimum Gasteiger partial charge on any atom is -0.385 e. The van der Waals surface area contributed by atoms with Gasteiger partial charge in [0.05, 0.1) is 6.54 Å². The van der Waals surface area contributed by atoms with Crippen molar-refractivity contribution >= 4 is 11.8 Å². The quantitative estimate of drug-likeness (QED) is 0.165. The van der Waals surface area contributed by atoms with E-state index >= 15 is 0 Å².